The predicted octanol–water partition coefficient (Wildman–Crippen LogP) is 8.88. The van der Waals surface area contributed by atoms with Crippen LogP contribution in [0.15, 0.2) is 126 Å². The molecule has 0 saturated carbocycles. The number of hydrogen-bond donors (Lipinski definition) is 0. The van der Waals surface area contributed by atoms with Gasteiger partial charge in [0.15, 0.2) is 0 Å². The summed E-state index contributed by atoms with van der Waals surface area (Å²) in [7, 11) is 0. The van der Waals surface area contributed by atoms with Gasteiger partial charge in [-0.05, 0) is 58.7 Å². The van der Waals surface area contributed by atoms with Crippen molar-refractivity contribution in [3.63, 3.8) is 0 Å². The molecule has 0 aliphatic heterocycles. The lowest BCUT2D eigenvalue weighted by atomic mass is 9.99. The van der Waals surface area contributed by atoms with E-state index in [0.29, 0.717) is 0 Å². The zero-order valence-electron chi connectivity index (χ0n) is 17.4. The van der Waals surface area contributed by atoms with E-state index in [0.717, 1.165) is 4.47 Å². The number of aromatic nitrogens is 1. The highest BCUT2D eigenvalue weighted by Gasteiger charge is 2.15. The maximum absolute atomic E-state index is 3.81. The van der Waals surface area contributed by atoms with Crippen LogP contribution in [0.25, 0.3) is 49.7 Å². The molecule has 0 amide bonds. The highest BCUT2D eigenvalue weighted by atomic mass is 79.9. The highest BCUT2D eigenvalue weighted by molar-refractivity contribution is 9.10. The first-order chi connectivity index (χ1) is 15.8. The molecule has 1 nitrogen and oxygen atoms in total. The van der Waals surface area contributed by atoms with Crippen LogP contribution in [-0.2, 0) is 0 Å². The van der Waals surface area contributed by atoms with Gasteiger partial charge >= 0.3 is 0 Å². The van der Waals surface area contributed by atoms with Crippen LogP contribution < -0.4 is 0 Å². The van der Waals surface area contributed by atoms with E-state index in [2.05, 4.69) is 142 Å². The molecule has 0 radical (unpaired) electrons. The Kier molecular flexibility index (Phi) is 4.66. The number of hydrogen-bond acceptors (Lipinski definition) is 0. The van der Waals surface area contributed by atoms with Crippen LogP contribution >= 0.6 is 15.9 Å². The van der Waals surface area contributed by atoms with E-state index in [9.17, 15) is 0 Å². The first kappa shape index (κ1) is 19.1. The Balaban J connectivity index is 1.53. The van der Waals surface area contributed by atoms with Crippen LogP contribution in [0.1, 0.15) is 0 Å². The van der Waals surface area contributed by atoms with Crippen molar-refractivity contribution >= 4 is 37.7 Å². The van der Waals surface area contributed by atoms with Crippen molar-refractivity contribution in [3.05, 3.63) is 126 Å². The Morgan fingerprint density at radius 3 is 1.78 bits per heavy atom. The van der Waals surface area contributed by atoms with Gasteiger partial charge in [0.05, 0.1) is 11.0 Å². The van der Waals surface area contributed by atoms with Crippen molar-refractivity contribution in [1.82, 2.24) is 4.57 Å². The molecule has 5 aromatic carbocycles. The van der Waals surface area contributed by atoms with Crippen LogP contribution in [0.3, 0.4) is 0 Å². The lowest BCUT2D eigenvalue weighted by Gasteiger charge is -2.08. The Morgan fingerprint density at radius 1 is 0.469 bits per heavy atom. The molecule has 1 heterocycles. The van der Waals surface area contributed by atoms with Crippen molar-refractivity contribution in [2.45, 2.75) is 0 Å². The van der Waals surface area contributed by atoms with Gasteiger partial charge in [0.25, 0.3) is 0 Å². The number of fused-ring (bicyclic) bond motifs is 3. The molecule has 0 spiro atoms. The fraction of sp³-hybridized carbons (Fsp3) is 0. The summed E-state index contributed by atoms with van der Waals surface area (Å²) in [5, 5.41) is 2.50. The third-order valence-electron chi connectivity index (χ3n) is 6.08. The second-order valence-electron chi connectivity index (χ2n) is 7.98. The number of halogens is 1. The van der Waals surface area contributed by atoms with Gasteiger partial charge < -0.3 is 4.57 Å². The molecule has 0 N–H and O–H groups in total. The summed E-state index contributed by atoms with van der Waals surface area (Å²) in [6, 6.07) is 43.1. The van der Waals surface area contributed by atoms with Crippen molar-refractivity contribution in [1.29, 1.82) is 0 Å². The number of rotatable bonds is 3. The molecule has 0 saturated heterocycles. The molecular formula is C30H20BrN. The maximum atomic E-state index is 3.81. The molecule has 0 bridgehead atoms. The molecule has 0 aliphatic carbocycles. The minimum atomic E-state index is 1.12. The first-order valence-electron chi connectivity index (χ1n) is 10.7. The lowest BCUT2D eigenvalue weighted by Crippen LogP contribution is -1.92. The summed E-state index contributed by atoms with van der Waals surface area (Å²) in [6.07, 6.45) is 0. The number of nitrogens with zero attached hydrogens (tertiary/aromatic N) is 1. The van der Waals surface area contributed by atoms with Crippen LogP contribution in [-0.4, -0.2) is 4.57 Å². The monoisotopic (exact) mass is 473 g/mol. The Labute approximate surface area is 195 Å². The molecule has 0 aliphatic rings. The zero-order chi connectivity index (χ0) is 21.5. The van der Waals surface area contributed by atoms with Gasteiger partial charge in [-0.15, -0.1) is 0 Å². The largest absolute Gasteiger partial charge is 0.309 e. The molecular weight excluding hydrogens is 454 g/mol. The van der Waals surface area contributed by atoms with Crippen LogP contribution in [0.5, 0.6) is 0 Å². The molecule has 0 fully saturated rings. The number of benzene rings is 5. The average Bonchev–Trinajstić information content (AvgIpc) is 3.20. The smallest absolute Gasteiger partial charge is 0.0552 e. The third kappa shape index (κ3) is 3.16. The lowest BCUT2D eigenvalue weighted by molar-refractivity contribution is 1.18. The van der Waals surface area contributed by atoms with E-state index in [4.69, 9.17) is 0 Å². The van der Waals surface area contributed by atoms with Crippen molar-refractivity contribution < 1.29 is 0 Å². The fourth-order valence-corrected chi connectivity index (χ4v) is 5.12. The SMILES string of the molecule is Brc1cccc2c1c1cc(-c3ccc(-c4ccccc4)cc3)ccc1n2-c1ccccc1. The van der Waals surface area contributed by atoms with Gasteiger partial charge in [-0.3, -0.25) is 0 Å². The molecule has 32 heavy (non-hydrogen) atoms. The van der Waals surface area contributed by atoms with Gasteiger partial charge in [0.2, 0.25) is 0 Å². The summed E-state index contributed by atoms with van der Waals surface area (Å²) in [5.74, 6) is 0. The summed E-state index contributed by atoms with van der Waals surface area (Å²) < 4.78 is 3.46. The maximum Gasteiger partial charge on any atom is 0.0552 e. The van der Waals surface area contributed by atoms with Crippen molar-refractivity contribution in [2.75, 3.05) is 0 Å². The van der Waals surface area contributed by atoms with Crippen LogP contribution in [0.4, 0.5) is 0 Å². The van der Waals surface area contributed by atoms with E-state index < -0.39 is 0 Å². The quantitative estimate of drug-likeness (QED) is 0.241. The predicted molar refractivity (Wildman–Crippen MR) is 139 cm³/mol. The Hall–Kier alpha value is -3.62. The molecule has 6 rings (SSSR count). The van der Waals surface area contributed by atoms with E-state index >= 15 is 0 Å². The molecule has 2 heteroatoms. The van der Waals surface area contributed by atoms with Gasteiger partial charge in [-0.1, -0.05) is 101 Å². The second kappa shape index (κ2) is 7.81. The minimum Gasteiger partial charge on any atom is -0.309 e. The second-order valence-corrected chi connectivity index (χ2v) is 8.83. The van der Waals surface area contributed by atoms with Crippen LogP contribution in [0, 0.1) is 0 Å². The summed E-state index contributed by atoms with van der Waals surface area (Å²) >= 11 is 3.81. The highest BCUT2D eigenvalue weighted by Crippen LogP contribution is 2.38. The minimum absolute atomic E-state index is 1.12. The van der Waals surface area contributed by atoms with E-state index in [1.165, 1.54) is 49.7 Å². The normalized spacial score (nSPS) is 11.3. The standard InChI is InChI=1S/C30H20BrN/c31-27-12-7-13-29-30(27)26-20-24(18-19-28(26)32(29)25-10-5-2-6-11-25)23-16-14-22(15-17-23)21-8-3-1-4-9-21/h1-20H. The fourth-order valence-electron chi connectivity index (χ4n) is 4.55. The van der Waals surface area contributed by atoms with Crippen molar-refractivity contribution in [2.24, 2.45) is 0 Å². The summed E-state index contributed by atoms with van der Waals surface area (Å²) in [4.78, 5) is 0. The van der Waals surface area contributed by atoms with Crippen molar-refractivity contribution in [3.8, 4) is 27.9 Å². The van der Waals surface area contributed by atoms with E-state index in [1.54, 1.807) is 0 Å². The van der Waals surface area contributed by atoms with Crippen LogP contribution in [0.2, 0.25) is 0 Å². The Bertz CT molecular complexity index is 1550. The van der Waals surface area contributed by atoms with E-state index in [1.807, 2.05) is 0 Å². The number of para-hydroxylation sites is 1. The zero-order valence-corrected chi connectivity index (χ0v) is 19.0. The Morgan fingerprint density at radius 2 is 1.06 bits per heavy atom. The van der Waals surface area contributed by atoms with Gasteiger partial charge in [0.1, 0.15) is 0 Å². The average molecular weight is 474 g/mol. The van der Waals surface area contributed by atoms with Gasteiger partial charge in [-0.25, -0.2) is 0 Å². The van der Waals surface area contributed by atoms with E-state index in [-0.39, 0.29) is 0 Å². The van der Waals surface area contributed by atoms with Gasteiger partial charge in [-0.2, -0.15) is 0 Å². The summed E-state index contributed by atoms with van der Waals surface area (Å²) in [5.41, 5.74) is 8.51. The molecule has 6 aromatic rings. The topological polar surface area (TPSA) is 4.93 Å². The molecule has 1 aromatic heterocycles. The molecule has 0 atom stereocenters. The first-order valence-corrected chi connectivity index (χ1v) is 11.5. The third-order valence-corrected chi connectivity index (χ3v) is 6.74. The van der Waals surface area contributed by atoms with Gasteiger partial charge in [0, 0.05) is 20.9 Å². The summed E-state index contributed by atoms with van der Waals surface area (Å²) in [6.45, 7) is 0. The molecule has 0 unspecified atom stereocenters. The molecule has 152 valence electrons.